The molecule has 1 N–H and O–H groups in total. The monoisotopic (exact) mass is 317 g/mol. The second-order valence-corrected chi connectivity index (χ2v) is 6.49. The summed E-state index contributed by atoms with van der Waals surface area (Å²) in [5.74, 6) is 0. The first kappa shape index (κ1) is 14.2. The fourth-order valence-electron chi connectivity index (χ4n) is 2.17. The minimum absolute atomic E-state index is 0.241. The van der Waals surface area contributed by atoms with Crippen molar-refractivity contribution < 1.29 is 0 Å². The molecule has 5 heteroatoms. The average Bonchev–Trinajstić information content (AvgIpc) is 3.12. The topological polar surface area (TPSA) is 29.9 Å². The lowest BCUT2D eigenvalue weighted by molar-refractivity contribution is 0.687. The zero-order valence-electron chi connectivity index (χ0n) is 11.7. The van der Waals surface area contributed by atoms with Gasteiger partial charge in [0.15, 0.2) is 0 Å². The lowest BCUT2D eigenvalue weighted by Gasteiger charge is -2.14. The summed E-state index contributed by atoms with van der Waals surface area (Å²) < 4.78 is 2.74. The Bertz CT molecular complexity index is 689. The van der Waals surface area contributed by atoms with Crippen LogP contribution in [0.25, 0.3) is 0 Å². The second kappa shape index (κ2) is 6.33. The Hall–Kier alpha value is -1.78. The standard InChI is InChI=1S/C16H16ClN3S/c1-12(14-9-16(17)21-11-14)19-15-5-3-13(4-6-15)10-20-8-2-7-18-20/h2-9,11-12,19H,10H2,1H3. The van der Waals surface area contributed by atoms with Gasteiger partial charge in [-0.2, -0.15) is 5.10 Å². The molecule has 3 rings (SSSR count). The number of hydrogen-bond acceptors (Lipinski definition) is 3. The van der Waals surface area contributed by atoms with Gasteiger partial charge in [0.1, 0.15) is 0 Å². The van der Waals surface area contributed by atoms with Crippen LogP contribution in [0.2, 0.25) is 4.34 Å². The predicted octanol–water partition coefficient (Wildman–Crippen LogP) is 4.82. The fourth-order valence-corrected chi connectivity index (χ4v) is 3.16. The van der Waals surface area contributed by atoms with Gasteiger partial charge in [-0.3, -0.25) is 4.68 Å². The minimum Gasteiger partial charge on any atom is -0.378 e. The van der Waals surface area contributed by atoms with Crippen LogP contribution >= 0.6 is 22.9 Å². The maximum Gasteiger partial charge on any atom is 0.0931 e. The normalized spacial score (nSPS) is 12.3. The molecule has 0 saturated heterocycles. The van der Waals surface area contributed by atoms with E-state index in [4.69, 9.17) is 11.6 Å². The van der Waals surface area contributed by atoms with Crippen molar-refractivity contribution >= 4 is 28.6 Å². The highest BCUT2D eigenvalue weighted by molar-refractivity contribution is 7.14. The van der Waals surface area contributed by atoms with E-state index in [1.54, 1.807) is 17.5 Å². The Morgan fingerprint density at radius 2 is 2.14 bits per heavy atom. The minimum atomic E-state index is 0.241. The zero-order valence-corrected chi connectivity index (χ0v) is 13.2. The molecule has 0 aliphatic rings. The average molecular weight is 318 g/mol. The van der Waals surface area contributed by atoms with Crippen LogP contribution in [0.5, 0.6) is 0 Å². The maximum atomic E-state index is 5.98. The molecule has 1 atom stereocenters. The third-order valence-electron chi connectivity index (χ3n) is 3.33. The number of rotatable bonds is 5. The van der Waals surface area contributed by atoms with E-state index < -0.39 is 0 Å². The van der Waals surface area contributed by atoms with Crippen LogP contribution in [0, 0.1) is 0 Å². The van der Waals surface area contributed by atoms with Crippen LogP contribution < -0.4 is 5.32 Å². The van der Waals surface area contributed by atoms with Gasteiger partial charge in [-0.15, -0.1) is 11.3 Å². The summed E-state index contributed by atoms with van der Waals surface area (Å²) >= 11 is 7.54. The molecule has 2 aromatic heterocycles. The molecule has 0 saturated carbocycles. The van der Waals surface area contributed by atoms with Crippen molar-refractivity contribution in [2.24, 2.45) is 0 Å². The van der Waals surface area contributed by atoms with Gasteiger partial charge in [-0.1, -0.05) is 23.7 Å². The molecule has 3 nitrogen and oxygen atoms in total. The number of benzene rings is 1. The van der Waals surface area contributed by atoms with E-state index in [2.05, 4.69) is 47.0 Å². The van der Waals surface area contributed by atoms with Crippen LogP contribution in [-0.2, 0) is 6.54 Å². The van der Waals surface area contributed by atoms with Crippen molar-refractivity contribution in [2.75, 3.05) is 5.32 Å². The molecule has 3 aromatic rings. The number of nitrogens with one attached hydrogen (secondary N) is 1. The smallest absolute Gasteiger partial charge is 0.0931 e. The summed E-state index contributed by atoms with van der Waals surface area (Å²) in [6, 6.07) is 12.6. The third kappa shape index (κ3) is 3.65. The number of aromatic nitrogens is 2. The Balaban J connectivity index is 1.64. The van der Waals surface area contributed by atoms with Crippen molar-refractivity contribution in [1.29, 1.82) is 0 Å². The molecule has 0 spiro atoms. The Labute approximate surface area is 133 Å². The van der Waals surface area contributed by atoms with Crippen molar-refractivity contribution in [1.82, 2.24) is 9.78 Å². The maximum absolute atomic E-state index is 5.98. The van der Waals surface area contributed by atoms with E-state index in [0.29, 0.717) is 0 Å². The summed E-state index contributed by atoms with van der Waals surface area (Å²) in [5, 5.41) is 9.79. The van der Waals surface area contributed by atoms with Crippen molar-refractivity contribution in [3.63, 3.8) is 0 Å². The van der Waals surface area contributed by atoms with Gasteiger partial charge in [0.25, 0.3) is 0 Å². The highest BCUT2D eigenvalue weighted by atomic mass is 35.5. The first-order valence-electron chi connectivity index (χ1n) is 6.77. The van der Waals surface area contributed by atoms with E-state index in [9.17, 15) is 0 Å². The number of anilines is 1. The number of nitrogens with zero attached hydrogens (tertiary/aromatic N) is 2. The summed E-state index contributed by atoms with van der Waals surface area (Å²) in [6.45, 7) is 2.93. The van der Waals surface area contributed by atoms with E-state index >= 15 is 0 Å². The van der Waals surface area contributed by atoms with E-state index in [-0.39, 0.29) is 6.04 Å². The van der Waals surface area contributed by atoms with Gasteiger partial charge in [0, 0.05) is 24.1 Å². The SMILES string of the molecule is CC(Nc1ccc(Cn2cccn2)cc1)c1csc(Cl)c1. The summed E-state index contributed by atoms with van der Waals surface area (Å²) in [7, 11) is 0. The molecule has 0 fully saturated rings. The third-order valence-corrected chi connectivity index (χ3v) is 4.44. The molecule has 2 heterocycles. The number of hydrogen-bond donors (Lipinski definition) is 1. The molecule has 21 heavy (non-hydrogen) atoms. The second-order valence-electron chi connectivity index (χ2n) is 4.95. The molecule has 0 radical (unpaired) electrons. The van der Waals surface area contributed by atoms with E-state index in [1.807, 2.05) is 23.0 Å². The van der Waals surface area contributed by atoms with Gasteiger partial charge in [0.05, 0.1) is 10.9 Å². The molecule has 0 aliphatic carbocycles. The zero-order chi connectivity index (χ0) is 14.7. The van der Waals surface area contributed by atoms with Gasteiger partial charge >= 0.3 is 0 Å². The number of halogens is 1. The quantitative estimate of drug-likeness (QED) is 0.731. The van der Waals surface area contributed by atoms with Crippen LogP contribution in [0.15, 0.2) is 54.2 Å². The molecule has 108 valence electrons. The van der Waals surface area contributed by atoms with Gasteiger partial charge in [0.2, 0.25) is 0 Å². The summed E-state index contributed by atoms with van der Waals surface area (Å²) in [4.78, 5) is 0. The Morgan fingerprint density at radius 1 is 1.33 bits per heavy atom. The number of thiophene rings is 1. The van der Waals surface area contributed by atoms with Crippen LogP contribution in [0.3, 0.4) is 0 Å². The highest BCUT2D eigenvalue weighted by Gasteiger charge is 2.07. The van der Waals surface area contributed by atoms with Gasteiger partial charge in [-0.05, 0) is 47.7 Å². The van der Waals surface area contributed by atoms with Crippen LogP contribution in [0.4, 0.5) is 5.69 Å². The molecular formula is C16H16ClN3S. The summed E-state index contributed by atoms with van der Waals surface area (Å²) in [5.41, 5.74) is 3.55. The van der Waals surface area contributed by atoms with E-state index in [0.717, 1.165) is 16.6 Å². The Morgan fingerprint density at radius 3 is 2.76 bits per heavy atom. The van der Waals surface area contributed by atoms with Crippen LogP contribution in [-0.4, -0.2) is 9.78 Å². The van der Waals surface area contributed by atoms with Gasteiger partial charge in [-0.25, -0.2) is 0 Å². The Kier molecular flexibility index (Phi) is 4.27. The predicted molar refractivity (Wildman–Crippen MR) is 89.1 cm³/mol. The summed E-state index contributed by atoms with van der Waals surface area (Å²) in [6.07, 6.45) is 3.76. The first-order valence-corrected chi connectivity index (χ1v) is 8.03. The van der Waals surface area contributed by atoms with Crippen LogP contribution in [0.1, 0.15) is 24.1 Å². The molecule has 0 amide bonds. The molecule has 1 aromatic carbocycles. The lowest BCUT2D eigenvalue weighted by atomic mass is 10.1. The van der Waals surface area contributed by atoms with E-state index in [1.165, 1.54) is 11.1 Å². The van der Waals surface area contributed by atoms with Crippen molar-refractivity contribution in [3.8, 4) is 0 Å². The van der Waals surface area contributed by atoms with Crippen molar-refractivity contribution in [2.45, 2.75) is 19.5 Å². The largest absolute Gasteiger partial charge is 0.378 e. The molecular weight excluding hydrogens is 302 g/mol. The fraction of sp³-hybridized carbons (Fsp3) is 0.188. The molecule has 0 aliphatic heterocycles. The van der Waals surface area contributed by atoms with Gasteiger partial charge < -0.3 is 5.32 Å². The molecule has 1 unspecified atom stereocenters. The molecule has 0 bridgehead atoms. The first-order chi connectivity index (χ1) is 10.2. The highest BCUT2D eigenvalue weighted by Crippen LogP contribution is 2.27. The lowest BCUT2D eigenvalue weighted by Crippen LogP contribution is -2.05. The van der Waals surface area contributed by atoms with Crippen molar-refractivity contribution in [3.05, 3.63) is 69.6 Å².